The fraction of sp³-hybridized carbons (Fsp3) is 0.417. The van der Waals surface area contributed by atoms with Crippen LogP contribution < -0.4 is 4.90 Å². The molecule has 0 radical (unpaired) electrons. The lowest BCUT2D eigenvalue weighted by Gasteiger charge is -2.18. The molecule has 2 nitrogen and oxygen atoms in total. The molecular weight excluding hydrogens is 208 g/mol. The van der Waals surface area contributed by atoms with E-state index in [1.165, 1.54) is 0 Å². The van der Waals surface area contributed by atoms with Crippen LogP contribution >= 0.6 is 11.6 Å². The van der Waals surface area contributed by atoms with Gasteiger partial charge in [-0.2, -0.15) is 5.26 Å². The van der Waals surface area contributed by atoms with Gasteiger partial charge in [-0.25, -0.2) is 0 Å². The van der Waals surface area contributed by atoms with Gasteiger partial charge >= 0.3 is 0 Å². The highest BCUT2D eigenvalue weighted by Gasteiger charge is 2.00. The van der Waals surface area contributed by atoms with E-state index in [9.17, 15) is 0 Å². The molecule has 0 heterocycles. The molecule has 0 atom stereocenters. The Balaban J connectivity index is 2.57. The van der Waals surface area contributed by atoms with Crippen LogP contribution in [0.3, 0.4) is 0 Å². The van der Waals surface area contributed by atoms with Crippen molar-refractivity contribution in [1.82, 2.24) is 0 Å². The standard InChI is InChI=1S/C12H15ClN2/c1-15(8-3-2-7-13)12-6-4-5-11(9-12)10-14/h4-6,9H,2-3,7-8H2,1H3. The van der Waals surface area contributed by atoms with Crippen molar-refractivity contribution < 1.29 is 0 Å². The summed E-state index contributed by atoms with van der Waals surface area (Å²) in [6.45, 7) is 0.974. The minimum atomic E-state index is 0.705. The molecule has 1 rings (SSSR count). The van der Waals surface area contributed by atoms with Crippen molar-refractivity contribution in [3.63, 3.8) is 0 Å². The second-order valence-corrected chi connectivity index (χ2v) is 3.86. The van der Waals surface area contributed by atoms with E-state index in [0.29, 0.717) is 11.4 Å². The Morgan fingerprint density at radius 1 is 1.40 bits per heavy atom. The average molecular weight is 223 g/mol. The third-order valence-electron chi connectivity index (χ3n) is 2.29. The van der Waals surface area contributed by atoms with E-state index in [-0.39, 0.29) is 0 Å². The van der Waals surface area contributed by atoms with E-state index >= 15 is 0 Å². The molecule has 3 heteroatoms. The van der Waals surface area contributed by atoms with E-state index in [4.69, 9.17) is 16.9 Å². The summed E-state index contributed by atoms with van der Waals surface area (Å²) < 4.78 is 0. The number of unbranched alkanes of at least 4 members (excludes halogenated alkanes) is 1. The summed E-state index contributed by atoms with van der Waals surface area (Å²) in [5.41, 5.74) is 1.79. The third kappa shape index (κ3) is 3.81. The molecule has 1 aromatic carbocycles. The maximum atomic E-state index is 8.77. The first-order chi connectivity index (χ1) is 7.27. The molecule has 1 aromatic rings. The predicted octanol–water partition coefficient (Wildman–Crippen LogP) is 3.01. The fourth-order valence-electron chi connectivity index (χ4n) is 1.39. The molecule has 0 amide bonds. The van der Waals surface area contributed by atoms with Gasteiger partial charge in [-0.1, -0.05) is 6.07 Å². The quantitative estimate of drug-likeness (QED) is 0.566. The van der Waals surface area contributed by atoms with Crippen LogP contribution in [0.25, 0.3) is 0 Å². The Hall–Kier alpha value is -1.20. The summed E-state index contributed by atoms with van der Waals surface area (Å²) in [5.74, 6) is 0.714. The minimum absolute atomic E-state index is 0.705. The molecule has 0 aromatic heterocycles. The number of rotatable bonds is 5. The fourth-order valence-corrected chi connectivity index (χ4v) is 1.57. The predicted molar refractivity (Wildman–Crippen MR) is 64.4 cm³/mol. The normalized spacial score (nSPS) is 9.67. The lowest BCUT2D eigenvalue weighted by atomic mass is 10.2. The summed E-state index contributed by atoms with van der Waals surface area (Å²) in [5, 5.41) is 8.77. The van der Waals surface area contributed by atoms with Crippen molar-refractivity contribution in [3.8, 4) is 6.07 Å². The molecule has 0 aliphatic carbocycles. The summed E-state index contributed by atoms with van der Waals surface area (Å²) in [4.78, 5) is 2.15. The Kier molecular flexibility index (Phi) is 5.00. The van der Waals surface area contributed by atoms with Gasteiger partial charge in [0.05, 0.1) is 11.6 Å². The monoisotopic (exact) mass is 222 g/mol. The van der Waals surface area contributed by atoms with Crippen molar-refractivity contribution in [2.24, 2.45) is 0 Å². The molecule has 80 valence electrons. The molecule has 0 aliphatic rings. The second-order valence-electron chi connectivity index (χ2n) is 3.48. The van der Waals surface area contributed by atoms with Crippen LogP contribution in [0.2, 0.25) is 0 Å². The number of halogens is 1. The zero-order valence-electron chi connectivity index (χ0n) is 8.91. The molecule has 0 spiro atoms. The highest BCUT2D eigenvalue weighted by molar-refractivity contribution is 6.17. The van der Waals surface area contributed by atoms with Gasteiger partial charge in [0, 0.05) is 25.2 Å². The first-order valence-electron chi connectivity index (χ1n) is 5.05. The first-order valence-corrected chi connectivity index (χ1v) is 5.58. The van der Waals surface area contributed by atoms with Gasteiger partial charge in [0.25, 0.3) is 0 Å². The number of hydrogen-bond acceptors (Lipinski definition) is 2. The maximum absolute atomic E-state index is 8.77. The Labute approximate surface area is 96.1 Å². The van der Waals surface area contributed by atoms with Gasteiger partial charge in [-0.05, 0) is 31.0 Å². The average Bonchev–Trinajstić information content (AvgIpc) is 2.29. The van der Waals surface area contributed by atoms with E-state index < -0.39 is 0 Å². The van der Waals surface area contributed by atoms with Crippen LogP contribution in [-0.4, -0.2) is 19.5 Å². The molecule has 0 unspecified atom stereocenters. The Bertz CT molecular complexity index is 344. The molecule has 0 fully saturated rings. The zero-order valence-corrected chi connectivity index (χ0v) is 9.67. The Morgan fingerprint density at radius 3 is 2.87 bits per heavy atom. The lowest BCUT2D eigenvalue weighted by molar-refractivity contribution is 0.770. The number of nitrogens with zero attached hydrogens (tertiary/aromatic N) is 2. The van der Waals surface area contributed by atoms with Gasteiger partial charge in [-0.3, -0.25) is 0 Å². The van der Waals surface area contributed by atoms with E-state index in [2.05, 4.69) is 11.0 Å². The van der Waals surface area contributed by atoms with Crippen LogP contribution in [-0.2, 0) is 0 Å². The van der Waals surface area contributed by atoms with Crippen molar-refractivity contribution in [2.45, 2.75) is 12.8 Å². The van der Waals surface area contributed by atoms with Crippen LogP contribution in [0.15, 0.2) is 24.3 Å². The van der Waals surface area contributed by atoms with Crippen LogP contribution in [0, 0.1) is 11.3 Å². The number of anilines is 1. The van der Waals surface area contributed by atoms with E-state index in [1.807, 2.05) is 31.3 Å². The van der Waals surface area contributed by atoms with Crippen molar-refractivity contribution in [1.29, 1.82) is 5.26 Å². The topological polar surface area (TPSA) is 27.0 Å². The summed E-state index contributed by atoms with van der Waals surface area (Å²) in [7, 11) is 2.03. The summed E-state index contributed by atoms with van der Waals surface area (Å²) in [6.07, 6.45) is 2.11. The third-order valence-corrected chi connectivity index (χ3v) is 2.56. The highest BCUT2D eigenvalue weighted by Crippen LogP contribution is 2.14. The molecule has 0 saturated carbocycles. The maximum Gasteiger partial charge on any atom is 0.0992 e. The largest absolute Gasteiger partial charge is 0.375 e. The van der Waals surface area contributed by atoms with Gasteiger partial charge in [0.15, 0.2) is 0 Å². The van der Waals surface area contributed by atoms with Gasteiger partial charge in [0.2, 0.25) is 0 Å². The first kappa shape index (κ1) is 11.9. The minimum Gasteiger partial charge on any atom is -0.375 e. The summed E-state index contributed by atoms with van der Waals surface area (Å²) >= 11 is 5.62. The van der Waals surface area contributed by atoms with Gasteiger partial charge in [0.1, 0.15) is 0 Å². The highest BCUT2D eigenvalue weighted by atomic mass is 35.5. The molecule has 0 aliphatic heterocycles. The van der Waals surface area contributed by atoms with E-state index in [1.54, 1.807) is 0 Å². The van der Waals surface area contributed by atoms with Crippen LogP contribution in [0.1, 0.15) is 18.4 Å². The molecule has 0 N–H and O–H groups in total. The smallest absolute Gasteiger partial charge is 0.0992 e. The second kappa shape index (κ2) is 6.31. The molecule has 0 saturated heterocycles. The number of benzene rings is 1. The molecule has 15 heavy (non-hydrogen) atoms. The van der Waals surface area contributed by atoms with Crippen molar-refractivity contribution in [2.75, 3.05) is 24.4 Å². The van der Waals surface area contributed by atoms with Crippen molar-refractivity contribution in [3.05, 3.63) is 29.8 Å². The zero-order chi connectivity index (χ0) is 11.1. The number of hydrogen-bond donors (Lipinski definition) is 0. The lowest BCUT2D eigenvalue weighted by Crippen LogP contribution is -2.18. The summed E-state index contributed by atoms with van der Waals surface area (Å²) in [6, 6.07) is 9.78. The van der Waals surface area contributed by atoms with Crippen LogP contribution in [0.4, 0.5) is 5.69 Å². The van der Waals surface area contributed by atoms with Crippen molar-refractivity contribution >= 4 is 17.3 Å². The Morgan fingerprint density at radius 2 is 2.20 bits per heavy atom. The van der Waals surface area contributed by atoms with Gasteiger partial charge < -0.3 is 4.90 Å². The van der Waals surface area contributed by atoms with E-state index in [0.717, 1.165) is 25.1 Å². The number of alkyl halides is 1. The SMILES string of the molecule is CN(CCCCCl)c1cccc(C#N)c1. The molecular formula is C12H15ClN2. The number of nitriles is 1. The van der Waals surface area contributed by atoms with Gasteiger partial charge in [-0.15, -0.1) is 11.6 Å². The molecule has 0 bridgehead atoms. The van der Waals surface area contributed by atoms with Crippen LogP contribution in [0.5, 0.6) is 0 Å².